The van der Waals surface area contributed by atoms with Crippen molar-refractivity contribution in [3.8, 4) is 5.75 Å². The maximum Gasteiger partial charge on any atom is 0.312 e. The van der Waals surface area contributed by atoms with E-state index in [0.717, 1.165) is 10.9 Å². The molecule has 1 heterocycles. The molecule has 0 fully saturated rings. The van der Waals surface area contributed by atoms with E-state index >= 15 is 0 Å². The van der Waals surface area contributed by atoms with Gasteiger partial charge in [-0.3, -0.25) is 14.9 Å². The lowest BCUT2D eigenvalue weighted by Gasteiger charge is -2.14. The van der Waals surface area contributed by atoms with Crippen LogP contribution >= 0.6 is 55.1 Å². The lowest BCUT2D eigenvalue weighted by Crippen LogP contribution is -2.23. The van der Waals surface area contributed by atoms with Crippen molar-refractivity contribution in [2.24, 2.45) is 5.10 Å². The van der Waals surface area contributed by atoms with Crippen molar-refractivity contribution in [2.75, 3.05) is 0 Å². The molecule has 0 spiro atoms. The number of nitro benzene ring substituents is 1. The fourth-order valence-corrected chi connectivity index (χ4v) is 4.96. The van der Waals surface area contributed by atoms with Crippen LogP contribution < -0.4 is 10.3 Å². The van der Waals surface area contributed by atoms with Crippen LogP contribution in [0.4, 0.5) is 5.69 Å². The Bertz CT molecular complexity index is 1640. The second-order valence-electron chi connectivity index (χ2n) is 8.43. The number of hydrogen-bond donors (Lipinski definition) is 0. The van der Waals surface area contributed by atoms with E-state index in [1.165, 1.54) is 17.0 Å². The average molecular weight is 683 g/mol. The molecule has 0 aliphatic heterocycles. The molecule has 0 aliphatic carbocycles. The topological polar surface area (TPSA) is 99.6 Å². The van der Waals surface area contributed by atoms with Crippen LogP contribution in [0.15, 0.2) is 67.4 Å². The highest BCUT2D eigenvalue weighted by Crippen LogP contribution is 2.35. The third kappa shape index (κ3) is 6.09. The summed E-state index contributed by atoms with van der Waals surface area (Å²) < 4.78 is 8.31. The van der Waals surface area contributed by atoms with Gasteiger partial charge in [0.1, 0.15) is 12.4 Å². The molecule has 1 aromatic heterocycles. The number of halogens is 4. The summed E-state index contributed by atoms with van der Waals surface area (Å²) in [5.41, 5.74) is 0.800. The fourth-order valence-electron chi connectivity index (χ4n) is 3.68. The fraction of sp³-hybridized carbons (Fsp3) is 0.192. The summed E-state index contributed by atoms with van der Waals surface area (Å²) in [6.45, 7) is 3.89. The molecule has 4 aromatic rings. The van der Waals surface area contributed by atoms with Gasteiger partial charge in [-0.2, -0.15) is 9.78 Å². The van der Waals surface area contributed by atoms with E-state index in [4.69, 9.17) is 32.9 Å². The molecule has 8 nitrogen and oxygen atoms in total. The molecule has 4 rings (SSSR count). The first kappa shape index (κ1) is 28.2. The van der Waals surface area contributed by atoms with Crippen molar-refractivity contribution >= 4 is 77.9 Å². The molecule has 0 unspecified atom stereocenters. The molecule has 0 aliphatic rings. The molecule has 1 atom stereocenters. The Morgan fingerprint density at radius 2 is 1.92 bits per heavy atom. The highest BCUT2D eigenvalue weighted by Gasteiger charge is 2.22. The van der Waals surface area contributed by atoms with E-state index in [0.29, 0.717) is 36.8 Å². The van der Waals surface area contributed by atoms with E-state index in [9.17, 15) is 14.9 Å². The van der Waals surface area contributed by atoms with Gasteiger partial charge in [-0.25, -0.2) is 4.98 Å². The van der Waals surface area contributed by atoms with Gasteiger partial charge in [0.05, 0.1) is 22.0 Å². The first-order valence-corrected chi connectivity index (χ1v) is 13.7. The second kappa shape index (κ2) is 11.9. The third-order valence-electron chi connectivity index (χ3n) is 5.85. The maximum atomic E-state index is 13.5. The molecule has 0 saturated heterocycles. The zero-order valence-electron chi connectivity index (χ0n) is 20.1. The molecule has 3 aromatic carbocycles. The van der Waals surface area contributed by atoms with E-state index in [-0.39, 0.29) is 35.1 Å². The van der Waals surface area contributed by atoms with Crippen molar-refractivity contribution < 1.29 is 9.66 Å². The minimum Gasteiger partial charge on any atom is -0.481 e. The molecular weight excluding hydrogens is 663 g/mol. The van der Waals surface area contributed by atoms with Gasteiger partial charge in [0.2, 0.25) is 5.75 Å². The van der Waals surface area contributed by atoms with Gasteiger partial charge < -0.3 is 4.74 Å². The number of ether oxygens (including phenoxy) is 1. The minimum absolute atomic E-state index is 0.0254. The second-order valence-corrected chi connectivity index (χ2v) is 11.1. The standard InChI is InChI=1S/C26H20Br2Cl2N4O4/c1-3-14(2)25-32-22-7-5-17(27)9-20(22)26(35)33(25)31-12-16-8-18(28)10-23(34(36)37)24(16)38-13-15-4-6-19(29)11-21(15)30/h4-12,14H,3,13H2,1-2H3/t14-/m1/s1. The predicted molar refractivity (Wildman–Crippen MR) is 157 cm³/mol. The Balaban J connectivity index is 1.84. The Kier molecular flexibility index (Phi) is 8.87. The lowest BCUT2D eigenvalue weighted by molar-refractivity contribution is -0.386. The summed E-state index contributed by atoms with van der Waals surface area (Å²) in [7, 11) is 0. The Morgan fingerprint density at radius 3 is 2.61 bits per heavy atom. The lowest BCUT2D eigenvalue weighted by atomic mass is 10.1. The van der Waals surface area contributed by atoms with E-state index in [1.807, 2.05) is 19.9 Å². The molecule has 0 radical (unpaired) electrons. The molecule has 12 heteroatoms. The van der Waals surface area contributed by atoms with Crippen LogP contribution in [0.5, 0.6) is 5.75 Å². The number of benzene rings is 3. The number of fused-ring (bicyclic) bond motifs is 1. The predicted octanol–water partition coefficient (Wildman–Crippen LogP) is 8.11. The van der Waals surface area contributed by atoms with Crippen LogP contribution in [0.1, 0.15) is 43.1 Å². The van der Waals surface area contributed by atoms with Crippen LogP contribution in [-0.2, 0) is 6.61 Å². The number of rotatable bonds is 8. The monoisotopic (exact) mass is 680 g/mol. The third-order valence-corrected chi connectivity index (χ3v) is 7.38. The molecule has 0 N–H and O–H groups in total. The molecule has 38 heavy (non-hydrogen) atoms. The molecule has 0 amide bonds. The van der Waals surface area contributed by atoms with Crippen LogP contribution in [0.25, 0.3) is 10.9 Å². The largest absolute Gasteiger partial charge is 0.481 e. The maximum absolute atomic E-state index is 13.5. The van der Waals surface area contributed by atoms with E-state index < -0.39 is 4.92 Å². The van der Waals surface area contributed by atoms with Crippen molar-refractivity contribution in [1.29, 1.82) is 0 Å². The highest BCUT2D eigenvalue weighted by atomic mass is 79.9. The van der Waals surface area contributed by atoms with E-state index in [1.54, 1.807) is 36.4 Å². The Labute approximate surface area is 244 Å². The van der Waals surface area contributed by atoms with Gasteiger partial charge >= 0.3 is 5.69 Å². The first-order valence-electron chi connectivity index (χ1n) is 11.4. The average Bonchev–Trinajstić information content (AvgIpc) is 2.87. The van der Waals surface area contributed by atoms with Gasteiger partial charge in [0.25, 0.3) is 5.56 Å². The minimum atomic E-state index is -0.549. The zero-order valence-corrected chi connectivity index (χ0v) is 24.8. The smallest absolute Gasteiger partial charge is 0.312 e. The summed E-state index contributed by atoms with van der Waals surface area (Å²) in [5, 5.41) is 17.5. The van der Waals surface area contributed by atoms with Crippen molar-refractivity contribution in [3.63, 3.8) is 0 Å². The molecule has 0 bridgehead atoms. The van der Waals surface area contributed by atoms with Gasteiger partial charge in [-0.15, -0.1) is 0 Å². The van der Waals surface area contributed by atoms with Crippen LogP contribution in [-0.4, -0.2) is 20.8 Å². The van der Waals surface area contributed by atoms with Crippen LogP contribution in [0, 0.1) is 10.1 Å². The van der Waals surface area contributed by atoms with Crippen molar-refractivity contribution in [3.05, 3.63) is 105 Å². The highest BCUT2D eigenvalue weighted by molar-refractivity contribution is 9.10. The molecule has 0 saturated carbocycles. The Morgan fingerprint density at radius 1 is 1.16 bits per heavy atom. The summed E-state index contributed by atoms with van der Waals surface area (Å²) in [4.78, 5) is 29.5. The molecular formula is C26H20Br2Cl2N4O4. The number of nitro groups is 1. The molecule has 196 valence electrons. The number of hydrogen-bond acceptors (Lipinski definition) is 6. The summed E-state index contributed by atoms with van der Waals surface area (Å²) in [6.07, 6.45) is 2.08. The zero-order chi connectivity index (χ0) is 27.6. The van der Waals surface area contributed by atoms with Gasteiger partial charge in [0.15, 0.2) is 0 Å². The summed E-state index contributed by atoms with van der Waals surface area (Å²) in [6, 6.07) is 13.1. The summed E-state index contributed by atoms with van der Waals surface area (Å²) >= 11 is 18.9. The van der Waals surface area contributed by atoms with Crippen LogP contribution in [0.2, 0.25) is 10.0 Å². The number of aromatic nitrogens is 2. The van der Waals surface area contributed by atoms with Gasteiger partial charge in [0, 0.05) is 42.1 Å². The van der Waals surface area contributed by atoms with Crippen molar-refractivity contribution in [1.82, 2.24) is 9.66 Å². The SMILES string of the molecule is CC[C@@H](C)c1nc2ccc(Br)cc2c(=O)n1N=Cc1cc(Br)cc([N+](=O)[O-])c1OCc1ccc(Cl)cc1Cl. The summed E-state index contributed by atoms with van der Waals surface area (Å²) in [5.74, 6) is 0.374. The number of nitrogens with zero attached hydrogens (tertiary/aromatic N) is 4. The van der Waals surface area contributed by atoms with E-state index in [2.05, 4.69) is 37.0 Å². The van der Waals surface area contributed by atoms with Gasteiger partial charge in [-0.05, 0) is 42.8 Å². The quantitative estimate of drug-likeness (QED) is 0.106. The van der Waals surface area contributed by atoms with Gasteiger partial charge in [-0.1, -0.05) is 75.0 Å². The van der Waals surface area contributed by atoms with Crippen LogP contribution in [0.3, 0.4) is 0 Å². The normalized spacial score (nSPS) is 12.3. The Hall–Kier alpha value is -2.79. The van der Waals surface area contributed by atoms with Crippen molar-refractivity contribution in [2.45, 2.75) is 32.8 Å². The first-order chi connectivity index (χ1) is 18.1.